The minimum Gasteiger partial charge on any atom is -0.392 e. The lowest BCUT2D eigenvalue weighted by atomic mass is 10.1. The van der Waals surface area contributed by atoms with Crippen molar-refractivity contribution in [3.05, 3.63) is 29.8 Å². The van der Waals surface area contributed by atoms with Gasteiger partial charge in [-0.2, -0.15) is 0 Å². The second-order valence-electron chi connectivity index (χ2n) is 6.80. The number of rotatable bonds is 5. The Labute approximate surface area is 150 Å². The van der Waals surface area contributed by atoms with Crippen LogP contribution in [0, 0.1) is 0 Å². The number of anilines is 1. The van der Waals surface area contributed by atoms with E-state index in [0.717, 1.165) is 70.2 Å². The third kappa shape index (κ3) is 4.71. The molecule has 1 unspecified atom stereocenters. The van der Waals surface area contributed by atoms with Crippen LogP contribution in [0.4, 0.5) is 5.69 Å². The lowest BCUT2D eigenvalue weighted by Gasteiger charge is -2.35. The van der Waals surface area contributed by atoms with Gasteiger partial charge >= 0.3 is 0 Å². The fourth-order valence-electron chi connectivity index (χ4n) is 3.38. The Hall–Kier alpha value is -1.63. The zero-order valence-electron chi connectivity index (χ0n) is 15.1. The van der Waals surface area contributed by atoms with Gasteiger partial charge in [0.25, 0.3) is 5.91 Å². The Balaban J connectivity index is 1.53. The summed E-state index contributed by atoms with van der Waals surface area (Å²) >= 11 is 0. The molecule has 2 aliphatic heterocycles. The predicted molar refractivity (Wildman–Crippen MR) is 98.1 cm³/mol. The van der Waals surface area contributed by atoms with Crippen LogP contribution in [0.5, 0.6) is 0 Å². The number of carbonyl (C=O) groups is 1. The molecule has 0 spiro atoms. The van der Waals surface area contributed by atoms with Gasteiger partial charge in [0.1, 0.15) is 0 Å². The molecule has 6 heteroatoms. The molecule has 0 bridgehead atoms. The van der Waals surface area contributed by atoms with E-state index in [0.29, 0.717) is 6.54 Å². The van der Waals surface area contributed by atoms with Crippen LogP contribution in [0.15, 0.2) is 24.3 Å². The lowest BCUT2D eigenvalue weighted by Crippen LogP contribution is -2.50. The molecule has 138 valence electrons. The van der Waals surface area contributed by atoms with Crippen molar-refractivity contribution in [1.29, 1.82) is 0 Å². The fraction of sp³-hybridized carbons (Fsp3) is 0.632. The first-order chi connectivity index (χ1) is 12.2. The van der Waals surface area contributed by atoms with Crippen molar-refractivity contribution >= 4 is 11.6 Å². The maximum absolute atomic E-state index is 12.7. The van der Waals surface area contributed by atoms with E-state index < -0.39 is 0 Å². The van der Waals surface area contributed by atoms with Crippen LogP contribution in [-0.2, 0) is 4.74 Å². The van der Waals surface area contributed by atoms with Gasteiger partial charge in [0.05, 0.1) is 19.3 Å². The topological polar surface area (TPSA) is 56.2 Å². The molecule has 3 rings (SSSR count). The number of piperazine rings is 1. The molecule has 2 saturated heterocycles. The van der Waals surface area contributed by atoms with E-state index >= 15 is 0 Å². The van der Waals surface area contributed by atoms with Gasteiger partial charge < -0.3 is 19.6 Å². The van der Waals surface area contributed by atoms with Gasteiger partial charge in [-0.15, -0.1) is 0 Å². The maximum atomic E-state index is 12.7. The average Bonchev–Trinajstić information content (AvgIpc) is 2.69. The Bertz CT molecular complexity index is 550. The highest BCUT2D eigenvalue weighted by atomic mass is 16.5. The fourth-order valence-corrected chi connectivity index (χ4v) is 3.38. The zero-order valence-corrected chi connectivity index (χ0v) is 15.1. The van der Waals surface area contributed by atoms with E-state index in [1.807, 2.05) is 36.1 Å². The van der Waals surface area contributed by atoms with Gasteiger partial charge in [-0.05, 0) is 30.7 Å². The summed E-state index contributed by atoms with van der Waals surface area (Å²) in [6.45, 7) is 9.12. The Morgan fingerprint density at radius 3 is 2.32 bits per heavy atom. The standard InChI is InChI=1S/C19H29N3O3/c1-2-18(23)15-20-7-9-22(10-8-20)19(24)16-3-5-17(6-4-16)21-11-13-25-14-12-21/h3-6,18,23H,2,7-15H2,1H3. The maximum Gasteiger partial charge on any atom is 0.253 e. The van der Waals surface area contributed by atoms with Crippen molar-refractivity contribution in [2.45, 2.75) is 19.4 Å². The summed E-state index contributed by atoms with van der Waals surface area (Å²) in [7, 11) is 0. The number of nitrogens with zero attached hydrogens (tertiary/aromatic N) is 3. The molecule has 0 aliphatic carbocycles. The van der Waals surface area contributed by atoms with E-state index in [4.69, 9.17) is 4.74 Å². The SMILES string of the molecule is CCC(O)CN1CCN(C(=O)c2ccc(N3CCOCC3)cc2)CC1. The molecule has 25 heavy (non-hydrogen) atoms. The van der Waals surface area contributed by atoms with Crippen LogP contribution in [0.1, 0.15) is 23.7 Å². The van der Waals surface area contributed by atoms with Crippen LogP contribution < -0.4 is 4.90 Å². The summed E-state index contributed by atoms with van der Waals surface area (Å²) in [5, 5.41) is 9.76. The van der Waals surface area contributed by atoms with Gasteiger partial charge in [0.15, 0.2) is 0 Å². The number of aliphatic hydroxyl groups excluding tert-OH is 1. The number of ether oxygens (including phenoxy) is 1. The molecule has 0 radical (unpaired) electrons. The molecular formula is C19H29N3O3. The number of aliphatic hydroxyl groups is 1. The van der Waals surface area contributed by atoms with Gasteiger partial charge in [0.2, 0.25) is 0 Å². The number of β-amino-alcohol motifs (C(OH)–C–C–N with tert-alkyl or cyclic N) is 1. The molecular weight excluding hydrogens is 318 g/mol. The van der Waals surface area contributed by atoms with Crippen LogP contribution in [0.2, 0.25) is 0 Å². The van der Waals surface area contributed by atoms with Gasteiger partial charge in [-0.1, -0.05) is 6.92 Å². The highest BCUT2D eigenvalue weighted by Crippen LogP contribution is 2.18. The number of benzene rings is 1. The van der Waals surface area contributed by atoms with Crippen molar-refractivity contribution in [2.75, 3.05) is 63.9 Å². The van der Waals surface area contributed by atoms with Gasteiger partial charge in [-0.3, -0.25) is 9.69 Å². The molecule has 1 aromatic carbocycles. The van der Waals surface area contributed by atoms with E-state index in [1.165, 1.54) is 0 Å². The lowest BCUT2D eigenvalue weighted by molar-refractivity contribution is 0.0523. The van der Waals surface area contributed by atoms with Crippen molar-refractivity contribution in [3.63, 3.8) is 0 Å². The van der Waals surface area contributed by atoms with E-state index in [-0.39, 0.29) is 12.0 Å². The highest BCUT2D eigenvalue weighted by Gasteiger charge is 2.23. The predicted octanol–water partition coefficient (Wildman–Crippen LogP) is 1.05. The largest absolute Gasteiger partial charge is 0.392 e. The van der Waals surface area contributed by atoms with Crippen LogP contribution in [-0.4, -0.2) is 85.9 Å². The van der Waals surface area contributed by atoms with Crippen molar-refractivity contribution in [3.8, 4) is 0 Å². The first-order valence-corrected chi connectivity index (χ1v) is 9.30. The number of carbonyl (C=O) groups excluding carboxylic acids is 1. The molecule has 0 aromatic heterocycles. The summed E-state index contributed by atoms with van der Waals surface area (Å²) in [5.41, 5.74) is 1.90. The summed E-state index contributed by atoms with van der Waals surface area (Å²) < 4.78 is 5.38. The number of hydrogen-bond donors (Lipinski definition) is 1. The van der Waals surface area contributed by atoms with Crippen molar-refractivity contribution in [2.24, 2.45) is 0 Å². The summed E-state index contributed by atoms with van der Waals surface area (Å²) in [5.74, 6) is 0.101. The molecule has 2 fully saturated rings. The van der Waals surface area contributed by atoms with E-state index in [9.17, 15) is 9.90 Å². The third-order valence-corrected chi connectivity index (χ3v) is 5.09. The molecule has 6 nitrogen and oxygen atoms in total. The van der Waals surface area contributed by atoms with Crippen LogP contribution in [0.25, 0.3) is 0 Å². The summed E-state index contributed by atoms with van der Waals surface area (Å²) in [6, 6.07) is 7.93. The molecule has 1 N–H and O–H groups in total. The first kappa shape index (κ1) is 18.2. The third-order valence-electron chi connectivity index (χ3n) is 5.09. The quantitative estimate of drug-likeness (QED) is 0.863. The summed E-state index contributed by atoms with van der Waals surface area (Å²) in [6.07, 6.45) is 0.504. The van der Waals surface area contributed by atoms with Crippen LogP contribution >= 0.6 is 0 Å². The van der Waals surface area contributed by atoms with Gasteiger partial charge in [0, 0.05) is 57.1 Å². The Morgan fingerprint density at radius 2 is 1.72 bits per heavy atom. The average molecular weight is 347 g/mol. The normalized spacial score (nSPS) is 20.6. The minimum atomic E-state index is -0.269. The highest BCUT2D eigenvalue weighted by molar-refractivity contribution is 5.94. The first-order valence-electron chi connectivity index (χ1n) is 9.30. The zero-order chi connectivity index (χ0) is 17.6. The van der Waals surface area contributed by atoms with Crippen molar-refractivity contribution < 1.29 is 14.6 Å². The molecule has 1 aromatic rings. The molecule has 2 aliphatic rings. The van der Waals surface area contributed by atoms with Gasteiger partial charge in [-0.25, -0.2) is 0 Å². The molecule has 1 atom stereocenters. The Kier molecular flexibility index (Phi) is 6.29. The Morgan fingerprint density at radius 1 is 1.08 bits per heavy atom. The molecule has 2 heterocycles. The minimum absolute atomic E-state index is 0.101. The second kappa shape index (κ2) is 8.65. The number of morpholine rings is 1. The van der Waals surface area contributed by atoms with Crippen molar-refractivity contribution in [1.82, 2.24) is 9.80 Å². The molecule has 1 amide bonds. The van der Waals surface area contributed by atoms with Crippen LogP contribution in [0.3, 0.4) is 0 Å². The van der Waals surface area contributed by atoms with E-state index in [1.54, 1.807) is 0 Å². The second-order valence-corrected chi connectivity index (χ2v) is 6.80. The van der Waals surface area contributed by atoms with E-state index in [2.05, 4.69) is 9.80 Å². The number of amides is 1. The monoisotopic (exact) mass is 347 g/mol. The number of hydrogen-bond acceptors (Lipinski definition) is 5. The molecule has 0 saturated carbocycles. The summed E-state index contributed by atoms with van der Waals surface area (Å²) in [4.78, 5) is 19.1. The smallest absolute Gasteiger partial charge is 0.253 e.